The highest BCUT2D eigenvalue weighted by Crippen LogP contribution is 2.33. The molecule has 0 radical (unpaired) electrons. The summed E-state index contributed by atoms with van der Waals surface area (Å²) in [6.45, 7) is 1.63. The van der Waals surface area contributed by atoms with E-state index in [1.165, 1.54) is 21.8 Å². The van der Waals surface area contributed by atoms with E-state index in [0.29, 0.717) is 16.9 Å². The summed E-state index contributed by atoms with van der Waals surface area (Å²) in [5, 5.41) is 2.25. The molecule has 1 aliphatic carbocycles. The lowest BCUT2D eigenvalue weighted by Gasteiger charge is -2.19. The van der Waals surface area contributed by atoms with Crippen molar-refractivity contribution < 1.29 is 23.1 Å². The summed E-state index contributed by atoms with van der Waals surface area (Å²) in [4.78, 5) is 25.7. The molecule has 0 fully saturated rings. The number of halogens is 2. The van der Waals surface area contributed by atoms with Gasteiger partial charge >= 0.3 is 5.97 Å². The number of carbonyl (C=O) groups excluding carboxylic acids is 2. The normalized spacial score (nSPS) is 16.0. The lowest BCUT2D eigenvalue weighted by molar-refractivity contribution is -0.119. The van der Waals surface area contributed by atoms with E-state index in [9.17, 15) is 18.4 Å². The number of aryl methyl sites for hydroxylation is 1. The number of hydrogen-bond donors (Lipinski definition) is 1. The number of hydrogen-bond acceptors (Lipinski definition) is 4. The van der Waals surface area contributed by atoms with Gasteiger partial charge in [-0.3, -0.25) is 4.79 Å². The average Bonchev–Trinajstić information content (AvgIpc) is 3.05. The first kappa shape index (κ1) is 18.5. The molecule has 0 spiro atoms. The Morgan fingerprint density at radius 3 is 2.85 bits per heavy atom. The smallest absolute Gasteiger partial charge is 0.348 e. The van der Waals surface area contributed by atoms with Crippen LogP contribution in [0.15, 0.2) is 24.3 Å². The second-order valence-electron chi connectivity index (χ2n) is 6.32. The molecule has 1 aromatic heterocycles. The summed E-state index contributed by atoms with van der Waals surface area (Å²) in [5.74, 6) is -2.22. The number of anilines is 1. The Balaban J connectivity index is 1.55. The number of thiophene rings is 1. The Kier molecular flexibility index (Phi) is 5.66. The van der Waals surface area contributed by atoms with Crippen LogP contribution in [0, 0.1) is 17.6 Å². The van der Waals surface area contributed by atoms with Crippen LogP contribution in [0.25, 0.3) is 0 Å². The van der Waals surface area contributed by atoms with Crippen molar-refractivity contribution in [3.05, 3.63) is 51.2 Å². The van der Waals surface area contributed by atoms with Gasteiger partial charge in [0, 0.05) is 10.9 Å². The second kappa shape index (κ2) is 7.95. The molecule has 3 rings (SSSR count). The fourth-order valence-corrected chi connectivity index (χ4v) is 4.13. The zero-order valence-electron chi connectivity index (χ0n) is 14.3. The molecule has 0 saturated carbocycles. The van der Waals surface area contributed by atoms with Crippen LogP contribution >= 0.6 is 11.3 Å². The van der Waals surface area contributed by atoms with E-state index >= 15 is 0 Å². The Labute approximate surface area is 154 Å². The van der Waals surface area contributed by atoms with Gasteiger partial charge in [-0.05, 0) is 48.9 Å². The molecule has 4 nitrogen and oxygen atoms in total. The van der Waals surface area contributed by atoms with Gasteiger partial charge in [0.25, 0.3) is 5.91 Å². The van der Waals surface area contributed by atoms with Crippen LogP contribution in [-0.2, 0) is 22.4 Å². The largest absolute Gasteiger partial charge is 0.451 e. The van der Waals surface area contributed by atoms with Crippen LogP contribution in [-0.4, -0.2) is 18.5 Å². The molecule has 1 amide bonds. The molecule has 1 heterocycles. The van der Waals surface area contributed by atoms with Crippen LogP contribution in [0.3, 0.4) is 0 Å². The average molecular weight is 379 g/mol. The molecule has 1 atom stereocenters. The molecule has 0 aliphatic heterocycles. The van der Waals surface area contributed by atoms with Gasteiger partial charge < -0.3 is 10.1 Å². The van der Waals surface area contributed by atoms with Crippen molar-refractivity contribution in [3.63, 3.8) is 0 Å². The molecular weight excluding hydrogens is 360 g/mol. The third-order valence-electron chi connectivity index (χ3n) is 4.50. The zero-order chi connectivity index (χ0) is 18.7. The molecule has 1 aromatic carbocycles. The van der Waals surface area contributed by atoms with Gasteiger partial charge in [-0.1, -0.05) is 13.3 Å². The number of carbonyl (C=O) groups is 2. The van der Waals surface area contributed by atoms with E-state index in [1.807, 2.05) is 6.07 Å². The number of rotatable bonds is 5. The van der Waals surface area contributed by atoms with Crippen molar-refractivity contribution in [2.24, 2.45) is 5.92 Å². The number of amides is 1. The molecule has 7 heteroatoms. The standard InChI is InChI=1S/C19H19F2NO3S/c1-2-11-3-6-16-12(7-11)8-17(26-16)19(24)25-10-18(23)22-15-5-4-13(20)9-14(15)21/h4-5,8-9,11H,2-3,6-7,10H2,1H3,(H,22,23)/t11-/m1/s1. The zero-order valence-corrected chi connectivity index (χ0v) is 15.1. The summed E-state index contributed by atoms with van der Waals surface area (Å²) >= 11 is 1.41. The summed E-state index contributed by atoms with van der Waals surface area (Å²) in [7, 11) is 0. The summed E-state index contributed by atoms with van der Waals surface area (Å²) < 4.78 is 31.4. The summed E-state index contributed by atoms with van der Waals surface area (Å²) in [5.41, 5.74) is 1.03. The lowest BCUT2D eigenvalue weighted by atomic mass is 9.87. The minimum atomic E-state index is -0.888. The van der Waals surface area contributed by atoms with Gasteiger partial charge in [0.2, 0.25) is 0 Å². The fraction of sp³-hybridized carbons (Fsp3) is 0.368. The van der Waals surface area contributed by atoms with E-state index in [0.717, 1.165) is 37.8 Å². The van der Waals surface area contributed by atoms with Gasteiger partial charge in [0.05, 0.1) is 5.69 Å². The van der Waals surface area contributed by atoms with Crippen LogP contribution in [0.2, 0.25) is 0 Å². The van der Waals surface area contributed by atoms with Crippen LogP contribution < -0.4 is 5.32 Å². The van der Waals surface area contributed by atoms with Gasteiger partial charge in [-0.15, -0.1) is 11.3 Å². The predicted molar refractivity (Wildman–Crippen MR) is 95.4 cm³/mol. The first-order valence-electron chi connectivity index (χ1n) is 8.50. The predicted octanol–water partition coefficient (Wildman–Crippen LogP) is 4.34. The Morgan fingerprint density at radius 2 is 2.12 bits per heavy atom. The number of fused-ring (bicyclic) bond motifs is 1. The highest BCUT2D eigenvalue weighted by atomic mass is 32.1. The number of benzene rings is 1. The molecule has 1 N–H and O–H groups in total. The van der Waals surface area contributed by atoms with Crippen molar-refractivity contribution in [2.75, 3.05) is 11.9 Å². The highest BCUT2D eigenvalue weighted by Gasteiger charge is 2.23. The van der Waals surface area contributed by atoms with E-state index in [-0.39, 0.29) is 5.69 Å². The molecular formula is C19H19F2NO3S. The molecule has 0 saturated heterocycles. The molecule has 2 aromatic rings. The number of nitrogens with one attached hydrogen (secondary N) is 1. The van der Waals surface area contributed by atoms with Crippen LogP contribution in [0.5, 0.6) is 0 Å². The third kappa shape index (κ3) is 4.27. The van der Waals surface area contributed by atoms with Gasteiger partial charge in [0.15, 0.2) is 6.61 Å². The topological polar surface area (TPSA) is 55.4 Å². The van der Waals surface area contributed by atoms with Gasteiger partial charge in [-0.25, -0.2) is 13.6 Å². The molecule has 1 aliphatic rings. The minimum Gasteiger partial charge on any atom is -0.451 e. The highest BCUT2D eigenvalue weighted by molar-refractivity contribution is 7.14. The first-order chi connectivity index (χ1) is 12.5. The monoisotopic (exact) mass is 379 g/mol. The van der Waals surface area contributed by atoms with Crippen molar-refractivity contribution >= 4 is 28.9 Å². The minimum absolute atomic E-state index is 0.162. The van der Waals surface area contributed by atoms with E-state index in [2.05, 4.69) is 12.2 Å². The van der Waals surface area contributed by atoms with E-state index in [4.69, 9.17) is 4.74 Å². The third-order valence-corrected chi connectivity index (χ3v) is 5.72. The maximum absolute atomic E-state index is 13.5. The second-order valence-corrected chi connectivity index (χ2v) is 7.46. The van der Waals surface area contributed by atoms with Crippen molar-refractivity contribution in [3.8, 4) is 0 Å². The maximum atomic E-state index is 13.5. The molecule has 0 unspecified atom stereocenters. The van der Waals surface area contributed by atoms with Gasteiger partial charge in [0.1, 0.15) is 16.5 Å². The SMILES string of the molecule is CC[C@@H]1CCc2sc(C(=O)OCC(=O)Nc3ccc(F)cc3F)cc2C1. The maximum Gasteiger partial charge on any atom is 0.348 e. The molecule has 138 valence electrons. The Morgan fingerprint density at radius 1 is 1.31 bits per heavy atom. The van der Waals surface area contributed by atoms with Crippen LogP contribution in [0.4, 0.5) is 14.5 Å². The first-order valence-corrected chi connectivity index (χ1v) is 9.31. The Bertz CT molecular complexity index is 834. The van der Waals surface area contributed by atoms with E-state index in [1.54, 1.807) is 0 Å². The molecule has 26 heavy (non-hydrogen) atoms. The van der Waals surface area contributed by atoms with Crippen molar-refractivity contribution in [2.45, 2.75) is 32.6 Å². The van der Waals surface area contributed by atoms with E-state index < -0.39 is 30.1 Å². The Hall–Kier alpha value is -2.28. The summed E-state index contributed by atoms with van der Waals surface area (Å²) in [6, 6.07) is 4.66. The lowest BCUT2D eigenvalue weighted by Crippen LogP contribution is -2.21. The number of esters is 1. The molecule has 0 bridgehead atoms. The fourth-order valence-electron chi connectivity index (χ4n) is 3.03. The summed E-state index contributed by atoms with van der Waals surface area (Å²) in [6.07, 6.45) is 4.19. The van der Waals surface area contributed by atoms with Crippen LogP contribution in [0.1, 0.15) is 39.9 Å². The van der Waals surface area contributed by atoms with Crippen molar-refractivity contribution in [1.29, 1.82) is 0 Å². The quantitative estimate of drug-likeness (QED) is 0.787. The van der Waals surface area contributed by atoms with Gasteiger partial charge in [-0.2, -0.15) is 0 Å². The van der Waals surface area contributed by atoms with Crippen molar-refractivity contribution in [1.82, 2.24) is 0 Å². The number of ether oxygens (including phenoxy) is 1.